The lowest BCUT2D eigenvalue weighted by molar-refractivity contribution is 0.395. The fourth-order valence-electron chi connectivity index (χ4n) is 1.69. The second-order valence-corrected chi connectivity index (χ2v) is 4.39. The van der Waals surface area contributed by atoms with Gasteiger partial charge in [0.25, 0.3) is 0 Å². The van der Waals surface area contributed by atoms with E-state index in [1.165, 1.54) is 6.42 Å². The molecule has 1 aromatic rings. The minimum atomic E-state index is 0.351. The summed E-state index contributed by atoms with van der Waals surface area (Å²) in [6.45, 7) is 7.75. The Morgan fingerprint density at radius 2 is 2.12 bits per heavy atom. The normalized spacial score (nSPS) is 14.7. The monoisotopic (exact) mass is 221 g/mol. The molecule has 1 rings (SSSR count). The van der Waals surface area contributed by atoms with E-state index in [4.69, 9.17) is 0 Å². The van der Waals surface area contributed by atoms with Crippen molar-refractivity contribution in [3.63, 3.8) is 0 Å². The number of nitrogens with zero attached hydrogens (tertiary/aromatic N) is 2. The second-order valence-electron chi connectivity index (χ2n) is 4.39. The molecular formula is C13H23N3. The van der Waals surface area contributed by atoms with Gasteiger partial charge in [0.15, 0.2) is 0 Å². The van der Waals surface area contributed by atoms with Crippen molar-refractivity contribution in [2.45, 2.75) is 46.1 Å². The van der Waals surface area contributed by atoms with Crippen molar-refractivity contribution in [2.24, 2.45) is 5.92 Å². The first-order valence-electron chi connectivity index (χ1n) is 6.27. The third-order valence-corrected chi connectivity index (χ3v) is 2.92. The minimum absolute atomic E-state index is 0.351. The van der Waals surface area contributed by atoms with Crippen molar-refractivity contribution in [3.05, 3.63) is 24.3 Å². The molecule has 0 aliphatic heterocycles. The number of hydrogen-bond donors (Lipinski definition) is 1. The van der Waals surface area contributed by atoms with Gasteiger partial charge in [0.05, 0.1) is 11.7 Å². The first kappa shape index (κ1) is 13.1. The maximum atomic E-state index is 4.39. The molecule has 0 bridgehead atoms. The Kier molecular flexibility index (Phi) is 6.01. The van der Waals surface area contributed by atoms with Crippen LogP contribution in [0.25, 0.3) is 0 Å². The summed E-state index contributed by atoms with van der Waals surface area (Å²) in [7, 11) is 0. The van der Waals surface area contributed by atoms with Crippen molar-refractivity contribution in [1.29, 1.82) is 0 Å². The molecule has 2 atom stereocenters. The highest BCUT2D eigenvalue weighted by Crippen LogP contribution is 2.20. The van der Waals surface area contributed by atoms with Crippen molar-refractivity contribution in [2.75, 3.05) is 6.54 Å². The van der Waals surface area contributed by atoms with Crippen LogP contribution in [0.4, 0.5) is 0 Å². The Morgan fingerprint density at radius 1 is 1.31 bits per heavy atom. The standard InChI is InChI=1S/C13H23N3/c1-4-6-15-12(9-11(3)5-2)13-10-14-7-8-16-13/h7-8,10-12,15H,4-6,9H2,1-3H3. The summed E-state index contributed by atoms with van der Waals surface area (Å²) in [5.74, 6) is 0.719. The summed E-state index contributed by atoms with van der Waals surface area (Å²) < 4.78 is 0. The first-order chi connectivity index (χ1) is 7.77. The van der Waals surface area contributed by atoms with Crippen LogP contribution in [-0.4, -0.2) is 16.5 Å². The van der Waals surface area contributed by atoms with Crippen molar-refractivity contribution < 1.29 is 0 Å². The van der Waals surface area contributed by atoms with E-state index in [1.807, 2.05) is 6.20 Å². The topological polar surface area (TPSA) is 37.8 Å². The van der Waals surface area contributed by atoms with Crippen LogP contribution in [0.2, 0.25) is 0 Å². The first-order valence-corrected chi connectivity index (χ1v) is 6.27. The van der Waals surface area contributed by atoms with E-state index in [9.17, 15) is 0 Å². The highest BCUT2D eigenvalue weighted by molar-refractivity contribution is 5.02. The fraction of sp³-hybridized carbons (Fsp3) is 0.692. The van der Waals surface area contributed by atoms with Crippen molar-refractivity contribution >= 4 is 0 Å². The lowest BCUT2D eigenvalue weighted by Crippen LogP contribution is -2.24. The zero-order valence-electron chi connectivity index (χ0n) is 10.6. The molecule has 0 aromatic carbocycles. The number of aromatic nitrogens is 2. The molecule has 90 valence electrons. The Bertz CT molecular complexity index is 274. The smallest absolute Gasteiger partial charge is 0.0756 e. The van der Waals surface area contributed by atoms with Gasteiger partial charge in [0, 0.05) is 18.6 Å². The van der Waals surface area contributed by atoms with Crippen molar-refractivity contribution in [3.8, 4) is 0 Å². The van der Waals surface area contributed by atoms with Gasteiger partial charge >= 0.3 is 0 Å². The average molecular weight is 221 g/mol. The van der Waals surface area contributed by atoms with E-state index in [0.717, 1.165) is 31.0 Å². The van der Waals surface area contributed by atoms with Gasteiger partial charge in [0.2, 0.25) is 0 Å². The van der Waals surface area contributed by atoms with Gasteiger partial charge in [-0.3, -0.25) is 9.97 Å². The molecule has 16 heavy (non-hydrogen) atoms. The van der Waals surface area contributed by atoms with Crippen LogP contribution in [0.5, 0.6) is 0 Å². The lowest BCUT2D eigenvalue weighted by Gasteiger charge is -2.20. The molecular weight excluding hydrogens is 198 g/mol. The van der Waals surface area contributed by atoms with Gasteiger partial charge in [-0.2, -0.15) is 0 Å². The second kappa shape index (κ2) is 7.34. The molecule has 3 heteroatoms. The maximum absolute atomic E-state index is 4.39. The molecule has 0 aliphatic carbocycles. The third-order valence-electron chi connectivity index (χ3n) is 2.92. The van der Waals surface area contributed by atoms with E-state index in [-0.39, 0.29) is 0 Å². The summed E-state index contributed by atoms with van der Waals surface area (Å²) in [4.78, 5) is 8.54. The average Bonchev–Trinajstić information content (AvgIpc) is 2.35. The molecule has 1 N–H and O–H groups in total. The molecule has 1 heterocycles. The van der Waals surface area contributed by atoms with Crippen LogP contribution in [0.15, 0.2) is 18.6 Å². The largest absolute Gasteiger partial charge is 0.309 e. The molecule has 0 fully saturated rings. The summed E-state index contributed by atoms with van der Waals surface area (Å²) >= 11 is 0. The van der Waals surface area contributed by atoms with Crippen LogP contribution in [0.1, 0.15) is 51.8 Å². The maximum Gasteiger partial charge on any atom is 0.0756 e. The zero-order valence-corrected chi connectivity index (χ0v) is 10.6. The van der Waals surface area contributed by atoms with E-state index in [2.05, 4.69) is 36.1 Å². The molecule has 0 aliphatic rings. The van der Waals surface area contributed by atoms with E-state index >= 15 is 0 Å². The molecule has 3 nitrogen and oxygen atoms in total. The van der Waals surface area contributed by atoms with Gasteiger partial charge < -0.3 is 5.32 Å². The minimum Gasteiger partial charge on any atom is -0.309 e. The predicted octanol–water partition coefficient (Wildman–Crippen LogP) is 2.95. The Balaban J connectivity index is 2.63. The number of hydrogen-bond acceptors (Lipinski definition) is 3. The van der Waals surface area contributed by atoms with Gasteiger partial charge in [0.1, 0.15) is 0 Å². The van der Waals surface area contributed by atoms with Crippen LogP contribution in [0.3, 0.4) is 0 Å². The highest BCUT2D eigenvalue weighted by atomic mass is 14.9. The van der Waals surface area contributed by atoms with E-state index < -0.39 is 0 Å². The van der Waals surface area contributed by atoms with Crippen LogP contribution >= 0.6 is 0 Å². The number of nitrogens with one attached hydrogen (secondary N) is 1. The Labute approximate surface area is 98.7 Å². The van der Waals surface area contributed by atoms with Gasteiger partial charge in [-0.15, -0.1) is 0 Å². The van der Waals surface area contributed by atoms with E-state index in [0.29, 0.717) is 6.04 Å². The molecule has 0 amide bonds. The van der Waals surface area contributed by atoms with E-state index in [1.54, 1.807) is 12.4 Å². The van der Waals surface area contributed by atoms with Crippen LogP contribution in [-0.2, 0) is 0 Å². The van der Waals surface area contributed by atoms with Gasteiger partial charge in [-0.05, 0) is 25.3 Å². The molecule has 0 spiro atoms. The number of rotatable bonds is 7. The molecule has 0 saturated heterocycles. The lowest BCUT2D eigenvalue weighted by atomic mass is 9.97. The van der Waals surface area contributed by atoms with Crippen LogP contribution in [0, 0.1) is 5.92 Å². The summed E-state index contributed by atoms with van der Waals surface area (Å²) in [5.41, 5.74) is 1.07. The highest BCUT2D eigenvalue weighted by Gasteiger charge is 2.14. The summed E-state index contributed by atoms with van der Waals surface area (Å²) in [6, 6.07) is 0.351. The molecule has 1 aromatic heterocycles. The molecule has 0 saturated carbocycles. The third kappa shape index (κ3) is 4.27. The SMILES string of the molecule is CCCNC(CC(C)CC)c1cnccn1. The summed E-state index contributed by atoms with van der Waals surface area (Å²) in [6.07, 6.45) is 8.86. The quantitative estimate of drug-likeness (QED) is 0.769. The fourth-order valence-corrected chi connectivity index (χ4v) is 1.69. The summed E-state index contributed by atoms with van der Waals surface area (Å²) in [5, 5.41) is 3.55. The van der Waals surface area contributed by atoms with Crippen LogP contribution < -0.4 is 5.32 Å². The van der Waals surface area contributed by atoms with Gasteiger partial charge in [-0.1, -0.05) is 27.2 Å². The molecule has 0 radical (unpaired) electrons. The Morgan fingerprint density at radius 3 is 2.69 bits per heavy atom. The zero-order chi connectivity index (χ0) is 11.8. The molecule has 2 unspecified atom stereocenters. The predicted molar refractivity (Wildman–Crippen MR) is 67.1 cm³/mol. The van der Waals surface area contributed by atoms with Crippen molar-refractivity contribution in [1.82, 2.24) is 15.3 Å². The van der Waals surface area contributed by atoms with Gasteiger partial charge in [-0.25, -0.2) is 0 Å². The Hall–Kier alpha value is -0.960.